The van der Waals surface area contributed by atoms with Gasteiger partial charge in [0, 0.05) is 22.7 Å². The van der Waals surface area contributed by atoms with E-state index in [0.717, 1.165) is 27.3 Å². The van der Waals surface area contributed by atoms with E-state index in [0.29, 0.717) is 22.5 Å². The van der Waals surface area contributed by atoms with Crippen molar-refractivity contribution in [2.75, 3.05) is 5.32 Å². The number of aryl methyl sites for hydroxylation is 1. The zero-order valence-electron chi connectivity index (χ0n) is 16.0. The number of hydrogen-bond acceptors (Lipinski definition) is 6. The molecule has 146 valence electrons. The van der Waals surface area contributed by atoms with Crippen molar-refractivity contribution in [2.24, 2.45) is 0 Å². The average molecular weight is 412 g/mol. The van der Waals surface area contributed by atoms with Crippen molar-refractivity contribution in [2.45, 2.75) is 6.92 Å². The summed E-state index contributed by atoms with van der Waals surface area (Å²) >= 11 is 1.54. The van der Waals surface area contributed by atoms with Crippen LogP contribution in [0.25, 0.3) is 32.9 Å². The Hall–Kier alpha value is -3.84. The van der Waals surface area contributed by atoms with Crippen molar-refractivity contribution in [3.63, 3.8) is 0 Å². The summed E-state index contributed by atoms with van der Waals surface area (Å²) in [6.07, 6.45) is 1.69. The number of amides is 1. The second-order valence-electron chi connectivity index (χ2n) is 6.74. The Morgan fingerprint density at radius 2 is 1.93 bits per heavy atom. The van der Waals surface area contributed by atoms with Crippen molar-refractivity contribution in [3.05, 3.63) is 83.5 Å². The number of aromatic nitrogens is 3. The summed E-state index contributed by atoms with van der Waals surface area (Å²) in [5, 5.41) is 10.7. The Labute approximate surface area is 176 Å². The zero-order chi connectivity index (χ0) is 20.5. The summed E-state index contributed by atoms with van der Waals surface area (Å²) in [7, 11) is 0. The largest absolute Gasteiger partial charge is 0.356 e. The third-order valence-electron chi connectivity index (χ3n) is 4.75. The van der Waals surface area contributed by atoms with Crippen LogP contribution in [-0.4, -0.2) is 21.0 Å². The summed E-state index contributed by atoms with van der Waals surface area (Å²) in [4.78, 5) is 21.7. The van der Waals surface area contributed by atoms with Crippen LogP contribution in [-0.2, 0) is 0 Å². The lowest BCUT2D eigenvalue weighted by molar-refractivity contribution is 0.102. The number of carbonyl (C=O) groups is 1. The summed E-state index contributed by atoms with van der Waals surface area (Å²) in [6.45, 7) is 1.85. The average Bonchev–Trinajstić information content (AvgIpc) is 3.42. The number of hydrogen-bond donors (Lipinski definition) is 1. The first-order chi connectivity index (χ1) is 14.7. The lowest BCUT2D eigenvalue weighted by atomic mass is 10.1. The van der Waals surface area contributed by atoms with Gasteiger partial charge in [-0.15, -0.1) is 11.3 Å². The van der Waals surface area contributed by atoms with E-state index in [4.69, 9.17) is 9.51 Å². The van der Waals surface area contributed by atoms with Crippen LogP contribution in [0.15, 0.2) is 76.8 Å². The molecule has 7 heteroatoms. The van der Waals surface area contributed by atoms with Gasteiger partial charge in [0.1, 0.15) is 16.4 Å². The van der Waals surface area contributed by atoms with Gasteiger partial charge in [0.25, 0.3) is 5.91 Å². The molecule has 0 saturated carbocycles. The van der Waals surface area contributed by atoms with Crippen molar-refractivity contribution in [1.29, 1.82) is 0 Å². The molecule has 0 bridgehead atoms. The van der Waals surface area contributed by atoms with E-state index in [1.165, 1.54) is 0 Å². The van der Waals surface area contributed by atoms with E-state index >= 15 is 0 Å². The van der Waals surface area contributed by atoms with Gasteiger partial charge in [-0.3, -0.25) is 9.78 Å². The van der Waals surface area contributed by atoms with Gasteiger partial charge in [0.05, 0.1) is 16.8 Å². The third-order valence-corrected chi connectivity index (χ3v) is 5.65. The van der Waals surface area contributed by atoms with E-state index in [9.17, 15) is 4.79 Å². The molecular formula is C23H16N4O2S. The fraction of sp³-hybridized carbons (Fsp3) is 0.0435. The molecule has 2 aromatic carbocycles. The molecule has 1 amide bonds. The van der Waals surface area contributed by atoms with E-state index in [1.807, 2.05) is 48.7 Å². The second-order valence-corrected chi connectivity index (χ2v) is 7.59. The smallest absolute Gasteiger partial charge is 0.255 e. The van der Waals surface area contributed by atoms with Gasteiger partial charge in [-0.05, 0) is 37.3 Å². The van der Waals surface area contributed by atoms with E-state index in [2.05, 4.69) is 15.5 Å². The fourth-order valence-corrected chi connectivity index (χ4v) is 3.98. The standard InChI is InChI=1S/C23H16N4O2S/c1-14-18(8-5-11-24-14)25-22(28)16-9-10-20-17(12-16)21(27-29-20)19-13-30-23(26-19)15-6-3-2-4-7-15/h2-13H,1H3,(H,25,28). The van der Waals surface area contributed by atoms with E-state index in [-0.39, 0.29) is 5.91 Å². The second kappa shape index (κ2) is 7.53. The number of thiazole rings is 1. The lowest BCUT2D eigenvalue weighted by Gasteiger charge is -2.07. The molecule has 3 heterocycles. The first-order valence-electron chi connectivity index (χ1n) is 9.33. The lowest BCUT2D eigenvalue weighted by Crippen LogP contribution is -2.13. The number of anilines is 1. The minimum absolute atomic E-state index is 0.219. The van der Waals surface area contributed by atoms with Crippen LogP contribution in [0.1, 0.15) is 16.1 Å². The topological polar surface area (TPSA) is 80.9 Å². The van der Waals surface area contributed by atoms with Crippen molar-refractivity contribution < 1.29 is 9.32 Å². The highest BCUT2D eigenvalue weighted by molar-refractivity contribution is 7.13. The first kappa shape index (κ1) is 18.2. The molecular weight excluding hydrogens is 396 g/mol. The molecule has 6 nitrogen and oxygen atoms in total. The highest BCUT2D eigenvalue weighted by Crippen LogP contribution is 2.33. The van der Waals surface area contributed by atoms with Crippen LogP contribution in [0.4, 0.5) is 5.69 Å². The van der Waals surface area contributed by atoms with Gasteiger partial charge in [-0.1, -0.05) is 35.5 Å². The molecule has 0 aliphatic carbocycles. The predicted molar refractivity (Wildman–Crippen MR) is 117 cm³/mol. The number of fused-ring (bicyclic) bond motifs is 1. The molecule has 0 radical (unpaired) electrons. The number of pyridine rings is 1. The predicted octanol–water partition coefficient (Wildman–Crippen LogP) is 5.57. The molecule has 0 fully saturated rings. The summed E-state index contributed by atoms with van der Waals surface area (Å²) in [5.74, 6) is -0.219. The number of carbonyl (C=O) groups excluding carboxylic acids is 1. The van der Waals surface area contributed by atoms with Crippen molar-refractivity contribution in [3.8, 4) is 22.0 Å². The Morgan fingerprint density at radius 3 is 2.77 bits per heavy atom. The van der Waals surface area contributed by atoms with Gasteiger partial charge in [0.2, 0.25) is 0 Å². The van der Waals surface area contributed by atoms with Gasteiger partial charge in [-0.25, -0.2) is 4.98 Å². The first-order valence-corrected chi connectivity index (χ1v) is 10.2. The van der Waals surface area contributed by atoms with Gasteiger partial charge < -0.3 is 9.84 Å². The summed E-state index contributed by atoms with van der Waals surface area (Å²) in [5.41, 5.74) is 4.94. The zero-order valence-corrected chi connectivity index (χ0v) is 16.8. The molecule has 0 atom stereocenters. The molecule has 0 saturated heterocycles. The maximum Gasteiger partial charge on any atom is 0.255 e. The third kappa shape index (κ3) is 3.35. The van der Waals surface area contributed by atoms with Gasteiger partial charge in [-0.2, -0.15) is 0 Å². The molecule has 0 spiro atoms. The monoisotopic (exact) mass is 412 g/mol. The Bertz CT molecular complexity index is 1360. The number of benzene rings is 2. The molecule has 3 aromatic heterocycles. The van der Waals surface area contributed by atoms with Crippen LogP contribution in [0.5, 0.6) is 0 Å². The Kier molecular flexibility index (Phi) is 4.57. The quantitative estimate of drug-likeness (QED) is 0.417. The molecule has 30 heavy (non-hydrogen) atoms. The van der Waals surface area contributed by atoms with Gasteiger partial charge >= 0.3 is 0 Å². The van der Waals surface area contributed by atoms with Crippen LogP contribution < -0.4 is 5.32 Å². The summed E-state index contributed by atoms with van der Waals surface area (Å²) < 4.78 is 5.46. The van der Waals surface area contributed by atoms with E-state index in [1.54, 1.807) is 41.8 Å². The SMILES string of the molecule is Cc1ncccc1NC(=O)c1ccc2onc(-c3csc(-c4ccccc4)n3)c2c1. The minimum atomic E-state index is -0.219. The number of nitrogens with zero attached hydrogens (tertiary/aromatic N) is 3. The summed E-state index contributed by atoms with van der Waals surface area (Å²) in [6, 6.07) is 18.8. The maximum absolute atomic E-state index is 12.8. The van der Waals surface area contributed by atoms with Crippen LogP contribution >= 0.6 is 11.3 Å². The molecule has 0 aliphatic rings. The van der Waals surface area contributed by atoms with Crippen molar-refractivity contribution >= 4 is 33.9 Å². The Balaban J connectivity index is 1.49. The number of nitrogens with one attached hydrogen (secondary N) is 1. The van der Waals surface area contributed by atoms with Crippen LogP contribution in [0.2, 0.25) is 0 Å². The van der Waals surface area contributed by atoms with Gasteiger partial charge in [0.15, 0.2) is 5.58 Å². The Morgan fingerprint density at radius 1 is 1.07 bits per heavy atom. The van der Waals surface area contributed by atoms with E-state index < -0.39 is 0 Å². The van der Waals surface area contributed by atoms with Crippen LogP contribution in [0, 0.1) is 6.92 Å². The highest BCUT2D eigenvalue weighted by atomic mass is 32.1. The molecule has 1 N–H and O–H groups in total. The number of rotatable bonds is 4. The minimum Gasteiger partial charge on any atom is -0.356 e. The molecule has 5 rings (SSSR count). The van der Waals surface area contributed by atoms with Crippen LogP contribution in [0.3, 0.4) is 0 Å². The maximum atomic E-state index is 12.8. The normalized spacial score (nSPS) is 11.0. The molecule has 5 aromatic rings. The fourth-order valence-electron chi connectivity index (χ4n) is 3.17. The molecule has 0 aliphatic heterocycles. The molecule has 0 unspecified atom stereocenters. The highest BCUT2D eigenvalue weighted by Gasteiger charge is 2.17. The van der Waals surface area contributed by atoms with Crippen molar-refractivity contribution in [1.82, 2.24) is 15.1 Å².